The van der Waals surface area contributed by atoms with Gasteiger partial charge in [-0.3, -0.25) is 0 Å². The summed E-state index contributed by atoms with van der Waals surface area (Å²) in [6.45, 7) is 0. The number of benzene rings is 8. The Bertz CT molecular complexity index is 2660. The van der Waals surface area contributed by atoms with Gasteiger partial charge in [-0.25, -0.2) is 0 Å². The lowest BCUT2D eigenvalue weighted by Gasteiger charge is -2.22. The molecule has 0 bridgehead atoms. The Morgan fingerprint density at radius 2 is 1.11 bits per heavy atom. The lowest BCUT2D eigenvalue weighted by atomic mass is 9.91. The number of fused-ring (bicyclic) bond motifs is 7. The van der Waals surface area contributed by atoms with Crippen LogP contribution in [-0.4, -0.2) is 4.57 Å². The second-order valence-electron chi connectivity index (χ2n) is 12.1. The van der Waals surface area contributed by atoms with Gasteiger partial charge in [-0.1, -0.05) is 115 Å². The molecule has 1 aliphatic heterocycles. The van der Waals surface area contributed by atoms with Crippen LogP contribution >= 0.6 is 0 Å². The Morgan fingerprint density at radius 1 is 0.391 bits per heavy atom. The zero-order valence-corrected chi connectivity index (χ0v) is 24.9. The van der Waals surface area contributed by atoms with Gasteiger partial charge in [0.15, 0.2) is 0 Å². The quantitative estimate of drug-likeness (QED) is 0.201. The minimum Gasteiger partial charge on any atom is -0.456 e. The van der Waals surface area contributed by atoms with Gasteiger partial charge in [-0.15, -0.1) is 0 Å². The van der Waals surface area contributed by atoms with Gasteiger partial charge >= 0.3 is 0 Å². The monoisotopic (exact) mass is 585 g/mol. The van der Waals surface area contributed by atoms with Crippen LogP contribution in [-0.2, 0) is 0 Å². The fourth-order valence-electron chi connectivity index (χ4n) is 7.44. The number of para-hydroxylation sites is 2. The fourth-order valence-corrected chi connectivity index (χ4v) is 7.44. The maximum absolute atomic E-state index is 6.36. The molecule has 46 heavy (non-hydrogen) atoms. The van der Waals surface area contributed by atoms with Gasteiger partial charge in [0.1, 0.15) is 11.5 Å². The van der Waals surface area contributed by atoms with Crippen LogP contribution in [0.3, 0.4) is 0 Å². The maximum Gasteiger partial charge on any atom is 0.135 e. The molecule has 0 saturated heterocycles. The number of aromatic nitrogens is 1. The Hall–Kier alpha value is -6.12. The second kappa shape index (κ2) is 9.69. The van der Waals surface area contributed by atoms with Crippen LogP contribution in [0, 0.1) is 0 Å². The summed E-state index contributed by atoms with van der Waals surface area (Å²) in [6, 6.07) is 59.1. The van der Waals surface area contributed by atoms with Crippen molar-refractivity contribution in [2.24, 2.45) is 0 Å². The van der Waals surface area contributed by atoms with Gasteiger partial charge in [0.25, 0.3) is 0 Å². The highest BCUT2D eigenvalue weighted by Crippen LogP contribution is 2.47. The predicted octanol–water partition coefficient (Wildman–Crippen LogP) is 12.2. The normalized spacial score (nSPS) is 12.1. The van der Waals surface area contributed by atoms with Crippen molar-refractivity contribution in [2.45, 2.75) is 0 Å². The third-order valence-electron chi connectivity index (χ3n) is 9.55. The second-order valence-corrected chi connectivity index (χ2v) is 12.1. The van der Waals surface area contributed by atoms with Crippen molar-refractivity contribution < 1.29 is 4.74 Å². The lowest BCUT2D eigenvalue weighted by molar-refractivity contribution is 0.487. The van der Waals surface area contributed by atoms with Gasteiger partial charge in [0, 0.05) is 32.8 Å². The first-order valence-corrected chi connectivity index (χ1v) is 15.8. The summed E-state index contributed by atoms with van der Waals surface area (Å²) in [4.78, 5) is 0. The van der Waals surface area contributed by atoms with Gasteiger partial charge in [0.2, 0.25) is 0 Å². The van der Waals surface area contributed by atoms with Gasteiger partial charge in [-0.2, -0.15) is 0 Å². The van der Waals surface area contributed by atoms with Crippen LogP contribution in [0.4, 0.5) is 0 Å². The van der Waals surface area contributed by atoms with Gasteiger partial charge in [0.05, 0.1) is 11.0 Å². The van der Waals surface area contributed by atoms with E-state index in [0.29, 0.717) is 0 Å². The minimum absolute atomic E-state index is 0.903. The van der Waals surface area contributed by atoms with E-state index in [0.717, 1.165) is 17.1 Å². The van der Waals surface area contributed by atoms with Crippen LogP contribution in [0.5, 0.6) is 11.5 Å². The fraction of sp³-hybridized carbons (Fsp3) is 0. The highest BCUT2D eigenvalue weighted by atomic mass is 16.5. The third kappa shape index (κ3) is 3.71. The molecule has 0 saturated carbocycles. The van der Waals surface area contributed by atoms with E-state index < -0.39 is 0 Å². The van der Waals surface area contributed by atoms with Crippen molar-refractivity contribution in [2.75, 3.05) is 0 Å². The molecule has 0 atom stereocenters. The summed E-state index contributed by atoms with van der Waals surface area (Å²) >= 11 is 0. The molecule has 0 fully saturated rings. The first-order chi connectivity index (χ1) is 22.8. The van der Waals surface area contributed by atoms with Crippen molar-refractivity contribution in [3.8, 4) is 50.6 Å². The maximum atomic E-state index is 6.36. The van der Waals surface area contributed by atoms with E-state index in [-0.39, 0.29) is 0 Å². The highest BCUT2D eigenvalue weighted by Gasteiger charge is 2.20. The van der Waals surface area contributed by atoms with E-state index in [9.17, 15) is 0 Å². The number of hydrogen-bond donors (Lipinski definition) is 0. The molecule has 214 valence electrons. The van der Waals surface area contributed by atoms with Crippen molar-refractivity contribution in [3.05, 3.63) is 164 Å². The lowest BCUT2D eigenvalue weighted by Crippen LogP contribution is -1.97. The number of ether oxygens (including phenoxy) is 1. The molecule has 0 spiro atoms. The summed E-state index contributed by atoms with van der Waals surface area (Å²) < 4.78 is 8.77. The molecule has 2 heterocycles. The van der Waals surface area contributed by atoms with E-state index in [1.165, 1.54) is 76.9 Å². The summed E-state index contributed by atoms with van der Waals surface area (Å²) in [6.07, 6.45) is 0. The molecule has 8 aromatic carbocycles. The first kappa shape index (κ1) is 25.2. The van der Waals surface area contributed by atoms with Crippen molar-refractivity contribution in [1.82, 2.24) is 4.57 Å². The van der Waals surface area contributed by atoms with E-state index in [1.807, 2.05) is 0 Å². The largest absolute Gasteiger partial charge is 0.456 e. The summed E-state index contributed by atoms with van der Waals surface area (Å²) in [5.41, 5.74) is 10.8. The van der Waals surface area contributed by atoms with Crippen LogP contribution in [0.2, 0.25) is 0 Å². The van der Waals surface area contributed by atoms with Crippen molar-refractivity contribution >= 4 is 43.4 Å². The topological polar surface area (TPSA) is 14.2 Å². The summed E-state index contributed by atoms with van der Waals surface area (Å²) in [7, 11) is 0. The molecular formula is C44H27NO. The van der Waals surface area contributed by atoms with Crippen LogP contribution in [0.1, 0.15) is 0 Å². The number of hydrogen-bond acceptors (Lipinski definition) is 1. The Labute approximate surface area is 266 Å². The zero-order chi connectivity index (χ0) is 30.2. The average molecular weight is 586 g/mol. The Kier molecular flexibility index (Phi) is 5.31. The van der Waals surface area contributed by atoms with Crippen LogP contribution in [0.15, 0.2) is 164 Å². The number of rotatable bonds is 3. The molecule has 2 nitrogen and oxygen atoms in total. The molecule has 2 heteroatoms. The van der Waals surface area contributed by atoms with E-state index in [1.54, 1.807) is 0 Å². The van der Waals surface area contributed by atoms with Crippen molar-refractivity contribution in [1.29, 1.82) is 0 Å². The van der Waals surface area contributed by atoms with Gasteiger partial charge < -0.3 is 9.30 Å². The SMILES string of the molecule is c1ccc(-n2c3ccccc3c3ccc4cc(-c5cccc(-c6ccc7c(c6)-c6cccc8cccc(c68)O7)c5)ccc4c32)cc1. The van der Waals surface area contributed by atoms with E-state index in [4.69, 9.17) is 4.74 Å². The zero-order valence-electron chi connectivity index (χ0n) is 24.9. The smallest absolute Gasteiger partial charge is 0.135 e. The predicted molar refractivity (Wildman–Crippen MR) is 192 cm³/mol. The van der Waals surface area contributed by atoms with Crippen molar-refractivity contribution in [3.63, 3.8) is 0 Å². The molecule has 0 N–H and O–H groups in total. The molecule has 0 amide bonds. The molecular weight excluding hydrogens is 558 g/mol. The number of nitrogens with zero attached hydrogens (tertiary/aromatic N) is 1. The summed E-state index contributed by atoms with van der Waals surface area (Å²) in [5.74, 6) is 1.83. The molecule has 0 unspecified atom stereocenters. The van der Waals surface area contributed by atoms with Gasteiger partial charge in [-0.05, 0) is 87.1 Å². The van der Waals surface area contributed by atoms with Crippen LogP contribution in [0.25, 0.3) is 82.4 Å². The standard InChI is InChI=1S/C44H27NO/c1-2-13-34(14-3-1)45-40-17-5-4-15-36(40)38-23-20-33-26-31(19-22-35(33)44(38)45)29-11-6-12-30(25-29)32-21-24-41-39(27-32)37-16-7-9-28-10-8-18-42(46-41)43(28)37/h1-27H. The molecule has 1 aliphatic rings. The minimum atomic E-state index is 0.903. The molecule has 0 radical (unpaired) electrons. The highest BCUT2D eigenvalue weighted by molar-refractivity contribution is 6.19. The molecule has 0 aliphatic carbocycles. The van der Waals surface area contributed by atoms with E-state index >= 15 is 0 Å². The van der Waals surface area contributed by atoms with E-state index in [2.05, 4.69) is 168 Å². The molecule has 10 rings (SSSR count). The summed E-state index contributed by atoms with van der Waals surface area (Å²) in [5, 5.41) is 7.41. The molecule has 9 aromatic rings. The van der Waals surface area contributed by atoms with Crippen LogP contribution < -0.4 is 4.74 Å². The first-order valence-electron chi connectivity index (χ1n) is 15.8. The molecule has 1 aromatic heterocycles. The Balaban J connectivity index is 1.10. The Morgan fingerprint density at radius 3 is 2.00 bits per heavy atom. The average Bonchev–Trinajstić information content (AvgIpc) is 3.47. The third-order valence-corrected chi connectivity index (χ3v) is 9.55.